The SMILES string of the molecule is C=CCCC(NC(C)=O)(C(=O)C(CC)C(C)(C)C)C1CCN(c2nc3ccc(Cl)cc3o2)CC1. The van der Waals surface area contributed by atoms with E-state index in [1.807, 2.05) is 12.1 Å². The number of carbonyl (C=O) groups is 2. The Morgan fingerprint density at radius 3 is 2.56 bits per heavy atom. The lowest BCUT2D eigenvalue weighted by Crippen LogP contribution is -2.63. The molecule has 1 aromatic heterocycles. The summed E-state index contributed by atoms with van der Waals surface area (Å²) in [5.41, 5.74) is 0.333. The molecule has 34 heavy (non-hydrogen) atoms. The van der Waals surface area contributed by atoms with Crippen LogP contribution in [0.3, 0.4) is 0 Å². The van der Waals surface area contributed by atoms with Crippen LogP contribution < -0.4 is 10.2 Å². The number of fused-ring (bicyclic) bond motifs is 1. The smallest absolute Gasteiger partial charge is 0.298 e. The zero-order valence-corrected chi connectivity index (χ0v) is 21.9. The molecule has 6 nitrogen and oxygen atoms in total. The first-order valence-electron chi connectivity index (χ1n) is 12.3. The predicted octanol–water partition coefficient (Wildman–Crippen LogP) is 6.18. The highest BCUT2D eigenvalue weighted by molar-refractivity contribution is 6.31. The van der Waals surface area contributed by atoms with Crippen molar-refractivity contribution in [2.75, 3.05) is 18.0 Å². The number of carbonyl (C=O) groups excluding carboxylic acids is 2. The average molecular weight is 488 g/mol. The normalized spacial score (nSPS) is 17.9. The third kappa shape index (κ3) is 5.48. The van der Waals surface area contributed by atoms with Gasteiger partial charge in [0.05, 0.1) is 0 Å². The number of Topliss-reactive ketones (excluding diaryl/α,β-unsaturated/α-hetero) is 1. The van der Waals surface area contributed by atoms with Gasteiger partial charge in [0.25, 0.3) is 6.01 Å². The molecule has 2 unspecified atom stereocenters. The molecule has 2 aromatic rings. The summed E-state index contributed by atoms with van der Waals surface area (Å²) in [6, 6.07) is 5.99. The van der Waals surface area contributed by atoms with Crippen molar-refractivity contribution >= 4 is 40.4 Å². The van der Waals surface area contributed by atoms with Gasteiger partial charge in [-0.05, 0) is 55.6 Å². The fourth-order valence-corrected chi connectivity index (χ4v) is 5.65. The number of hydrogen-bond donors (Lipinski definition) is 1. The van der Waals surface area contributed by atoms with Gasteiger partial charge >= 0.3 is 0 Å². The van der Waals surface area contributed by atoms with Gasteiger partial charge in [-0.1, -0.05) is 45.4 Å². The molecule has 0 aliphatic carbocycles. The molecule has 0 saturated carbocycles. The molecule has 1 amide bonds. The summed E-state index contributed by atoms with van der Waals surface area (Å²) in [4.78, 5) is 33.3. The van der Waals surface area contributed by atoms with Gasteiger partial charge in [0.1, 0.15) is 11.1 Å². The minimum atomic E-state index is -0.908. The fraction of sp³-hybridized carbons (Fsp3) is 0.593. The van der Waals surface area contributed by atoms with Crippen LogP contribution in [0.15, 0.2) is 35.3 Å². The minimum absolute atomic E-state index is 0.0234. The van der Waals surface area contributed by atoms with Gasteiger partial charge in [-0.2, -0.15) is 4.98 Å². The van der Waals surface area contributed by atoms with Gasteiger partial charge in [-0.25, -0.2) is 0 Å². The number of nitrogens with zero attached hydrogens (tertiary/aromatic N) is 2. The highest BCUT2D eigenvalue weighted by atomic mass is 35.5. The lowest BCUT2D eigenvalue weighted by atomic mass is 9.64. The maximum Gasteiger partial charge on any atom is 0.298 e. The van der Waals surface area contributed by atoms with Crippen LogP contribution in [-0.2, 0) is 9.59 Å². The van der Waals surface area contributed by atoms with Crippen molar-refractivity contribution < 1.29 is 14.0 Å². The van der Waals surface area contributed by atoms with Crippen molar-refractivity contribution in [3.8, 4) is 0 Å². The molecule has 1 saturated heterocycles. The Balaban J connectivity index is 1.89. The summed E-state index contributed by atoms with van der Waals surface area (Å²) in [5.74, 6) is -0.145. The van der Waals surface area contributed by atoms with Gasteiger partial charge in [0.2, 0.25) is 5.91 Å². The first-order valence-corrected chi connectivity index (χ1v) is 12.6. The van der Waals surface area contributed by atoms with Crippen molar-refractivity contribution in [2.24, 2.45) is 17.3 Å². The highest BCUT2D eigenvalue weighted by Gasteiger charge is 2.50. The quantitative estimate of drug-likeness (QED) is 0.427. The standard InChI is InChI=1S/C27H38ClN3O3/c1-7-9-14-27(30-18(3)32,24(33)21(8-2)26(4,5)6)19-12-15-31(16-13-19)25-29-22-11-10-20(28)17-23(22)34-25/h7,10-11,17,19,21H,1,8-9,12-16H2,2-6H3,(H,30,32). The van der Waals surface area contributed by atoms with Gasteiger partial charge in [-0.15, -0.1) is 6.58 Å². The van der Waals surface area contributed by atoms with E-state index in [2.05, 4.69) is 49.5 Å². The van der Waals surface area contributed by atoms with E-state index in [1.165, 1.54) is 6.92 Å². The van der Waals surface area contributed by atoms with Crippen LogP contribution in [0.2, 0.25) is 5.02 Å². The molecule has 1 aromatic carbocycles. The molecule has 1 N–H and O–H groups in total. The van der Waals surface area contributed by atoms with Gasteiger partial charge in [0.15, 0.2) is 11.4 Å². The summed E-state index contributed by atoms with van der Waals surface area (Å²) in [5, 5.41) is 3.77. The molecule has 186 valence electrons. The largest absolute Gasteiger partial charge is 0.423 e. The second-order valence-electron chi connectivity index (χ2n) is 10.5. The molecular weight excluding hydrogens is 450 g/mol. The van der Waals surface area contributed by atoms with Crippen molar-refractivity contribution in [3.05, 3.63) is 35.9 Å². The fourth-order valence-electron chi connectivity index (χ4n) is 5.49. The number of rotatable bonds is 9. The number of nitrogens with one attached hydrogen (secondary N) is 1. The van der Waals surface area contributed by atoms with Gasteiger partial charge in [-0.3, -0.25) is 9.59 Å². The molecule has 0 spiro atoms. The minimum Gasteiger partial charge on any atom is -0.423 e. The van der Waals surface area contributed by atoms with E-state index in [0.29, 0.717) is 42.6 Å². The van der Waals surface area contributed by atoms with Crippen LogP contribution in [0.4, 0.5) is 6.01 Å². The summed E-state index contributed by atoms with van der Waals surface area (Å²) < 4.78 is 5.97. The Morgan fingerprint density at radius 1 is 1.32 bits per heavy atom. The van der Waals surface area contributed by atoms with Crippen molar-refractivity contribution in [1.82, 2.24) is 10.3 Å². The van der Waals surface area contributed by atoms with E-state index in [1.54, 1.807) is 12.1 Å². The number of halogens is 1. The summed E-state index contributed by atoms with van der Waals surface area (Å²) >= 11 is 6.09. The number of oxazole rings is 1. The summed E-state index contributed by atoms with van der Waals surface area (Å²) in [7, 11) is 0. The highest BCUT2D eigenvalue weighted by Crippen LogP contribution is 2.41. The lowest BCUT2D eigenvalue weighted by molar-refractivity contribution is -0.140. The van der Waals surface area contributed by atoms with Crippen LogP contribution >= 0.6 is 11.6 Å². The number of benzene rings is 1. The second kappa shape index (κ2) is 10.5. The van der Waals surface area contributed by atoms with Gasteiger partial charge in [0, 0.05) is 37.0 Å². The molecular formula is C27H38ClN3O3. The van der Waals surface area contributed by atoms with Crippen LogP contribution in [0.5, 0.6) is 0 Å². The lowest BCUT2D eigenvalue weighted by Gasteiger charge is -2.47. The van der Waals surface area contributed by atoms with Crippen LogP contribution in [0.1, 0.15) is 66.7 Å². The van der Waals surface area contributed by atoms with E-state index in [4.69, 9.17) is 16.0 Å². The predicted molar refractivity (Wildman–Crippen MR) is 138 cm³/mol. The molecule has 3 rings (SSSR count). The van der Waals surface area contributed by atoms with E-state index in [0.717, 1.165) is 24.8 Å². The number of aromatic nitrogens is 1. The molecule has 1 aliphatic rings. The Morgan fingerprint density at radius 2 is 2.00 bits per heavy atom. The maximum atomic E-state index is 14.2. The molecule has 7 heteroatoms. The van der Waals surface area contributed by atoms with E-state index < -0.39 is 5.54 Å². The Hall–Kier alpha value is -2.34. The zero-order chi connectivity index (χ0) is 25.1. The van der Waals surface area contributed by atoms with Gasteiger partial charge < -0.3 is 14.6 Å². The number of anilines is 1. The monoisotopic (exact) mass is 487 g/mol. The maximum absolute atomic E-state index is 14.2. The first-order chi connectivity index (χ1) is 16.0. The zero-order valence-electron chi connectivity index (χ0n) is 21.1. The Labute approximate surface area is 208 Å². The summed E-state index contributed by atoms with van der Waals surface area (Å²) in [6.07, 6.45) is 5.31. The average Bonchev–Trinajstić information content (AvgIpc) is 3.19. The molecule has 1 aliphatic heterocycles. The second-order valence-corrected chi connectivity index (χ2v) is 11.0. The van der Waals surface area contributed by atoms with Crippen LogP contribution in [-0.4, -0.2) is 35.3 Å². The third-order valence-electron chi connectivity index (χ3n) is 7.15. The molecule has 2 heterocycles. The number of piperidine rings is 1. The molecule has 0 radical (unpaired) electrons. The van der Waals surface area contributed by atoms with Crippen LogP contribution in [0.25, 0.3) is 11.1 Å². The van der Waals surface area contributed by atoms with Crippen LogP contribution in [0, 0.1) is 17.3 Å². The first kappa shape index (κ1) is 26.3. The molecule has 0 bridgehead atoms. The number of ketones is 1. The van der Waals surface area contributed by atoms with E-state index in [-0.39, 0.29) is 28.9 Å². The van der Waals surface area contributed by atoms with E-state index >= 15 is 0 Å². The van der Waals surface area contributed by atoms with Crippen molar-refractivity contribution in [3.63, 3.8) is 0 Å². The third-order valence-corrected chi connectivity index (χ3v) is 7.39. The van der Waals surface area contributed by atoms with E-state index in [9.17, 15) is 9.59 Å². The Bertz CT molecular complexity index is 1030. The van der Waals surface area contributed by atoms with Crippen molar-refractivity contribution in [1.29, 1.82) is 0 Å². The Kier molecular flexibility index (Phi) is 8.12. The topological polar surface area (TPSA) is 75.4 Å². The molecule has 2 atom stereocenters. The molecule has 1 fully saturated rings. The number of hydrogen-bond acceptors (Lipinski definition) is 5. The summed E-state index contributed by atoms with van der Waals surface area (Å²) in [6.45, 7) is 15.1. The number of amides is 1. The van der Waals surface area contributed by atoms with Crippen molar-refractivity contribution in [2.45, 2.75) is 72.3 Å². The number of allylic oxidation sites excluding steroid dienone is 1.